The molecule has 0 amide bonds. The molecule has 2 saturated heterocycles. The molecule has 0 saturated carbocycles. The predicted octanol–water partition coefficient (Wildman–Crippen LogP) is 1.05. The molecule has 1 aromatic heterocycles. The summed E-state index contributed by atoms with van der Waals surface area (Å²) in [5.74, 6) is 1.16. The first kappa shape index (κ1) is 17.1. The zero-order valence-corrected chi connectivity index (χ0v) is 14.7. The van der Waals surface area contributed by atoms with Crippen LogP contribution in [0, 0.1) is 17.2 Å². The third kappa shape index (κ3) is 3.53. The molecule has 24 heavy (non-hydrogen) atoms. The van der Waals surface area contributed by atoms with Crippen molar-refractivity contribution in [2.24, 2.45) is 5.92 Å². The summed E-state index contributed by atoms with van der Waals surface area (Å²) in [4.78, 5) is 6.33. The number of pyridine rings is 1. The smallest absolute Gasteiger partial charge is 0.282 e. The number of piperidine rings is 1. The second kappa shape index (κ2) is 7.05. The maximum Gasteiger partial charge on any atom is 0.282 e. The summed E-state index contributed by atoms with van der Waals surface area (Å²) >= 11 is 0. The van der Waals surface area contributed by atoms with Crippen molar-refractivity contribution in [1.29, 1.82) is 5.26 Å². The van der Waals surface area contributed by atoms with Gasteiger partial charge in [-0.15, -0.1) is 0 Å². The van der Waals surface area contributed by atoms with E-state index in [-0.39, 0.29) is 0 Å². The fourth-order valence-electron chi connectivity index (χ4n) is 3.33. The zero-order valence-electron chi connectivity index (χ0n) is 13.9. The first-order valence-electron chi connectivity index (χ1n) is 8.37. The second-order valence-electron chi connectivity index (χ2n) is 6.51. The molecule has 3 heterocycles. The number of piperazine rings is 1. The molecule has 2 aliphatic heterocycles. The third-order valence-electron chi connectivity index (χ3n) is 4.71. The SMILES string of the molecule is C[C@@H]1CCCN(S(=O)(=O)N2CCN(c3cc(C#N)ccn3)CC2)C1. The van der Waals surface area contributed by atoms with Crippen molar-refractivity contribution >= 4 is 16.0 Å². The predicted molar refractivity (Wildman–Crippen MR) is 91.6 cm³/mol. The fraction of sp³-hybridized carbons (Fsp3) is 0.625. The Morgan fingerprint density at radius 2 is 1.96 bits per heavy atom. The molecule has 130 valence electrons. The van der Waals surface area contributed by atoms with Crippen LogP contribution in [0.25, 0.3) is 0 Å². The van der Waals surface area contributed by atoms with Crippen LogP contribution >= 0.6 is 0 Å². The van der Waals surface area contributed by atoms with E-state index in [0.29, 0.717) is 50.7 Å². The van der Waals surface area contributed by atoms with Crippen LogP contribution in [0.1, 0.15) is 25.3 Å². The summed E-state index contributed by atoms with van der Waals surface area (Å²) in [6.45, 7) is 5.42. The summed E-state index contributed by atoms with van der Waals surface area (Å²) < 4.78 is 28.8. The van der Waals surface area contributed by atoms with Crippen molar-refractivity contribution in [3.63, 3.8) is 0 Å². The van der Waals surface area contributed by atoms with Gasteiger partial charge in [0.1, 0.15) is 5.82 Å². The molecule has 2 fully saturated rings. The van der Waals surface area contributed by atoms with E-state index in [9.17, 15) is 8.42 Å². The highest BCUT2D eigenvalue weighted by Crippen LogP contribution is 2.22. The van der Waals surface area contributed by atoms with E-state index in [1.807, 2.05) is 4.90 Å². The van der Waals surface area contributed by atoms with Crippen molar-refractivity contribution in [3.05, 3.63) is 23.9 Å². The Morgan fingerprint density at radius 3 is 2.62 bits per heavy atom. The average molecular weight is 349 g/mol. The lowest BCUT2D eigenvalue weighted by molar-refractivity contribution is 0.254. The number of nitriles is 1. The third-order valence-corrected chi connectivity index (χ3v) is 6.71. The van der Waals surface area contributed by atoms with Crippen molar-refractivity contribution in [2.75, 3.05) is 44.2 Å². The van der Waals surface area contributed by atoms with Gasteiger partial charge in [-0.3, -0.25) is 0 Å². The molecular weight excluding hydrogens is 326 g/mol. The van der Waals surface area contributed by atoms with E-state index in [0.717, 1.165) is 18.7 Å². The Balaban J connectivity index is 1.65. The highest BCUT2D eigenvalue weighted by molar-refractivity contribution is 7.86. The van der Waals surface area contributed by atoms with E-state index < -0.39 is 10.2 Å². The van der Waals surface area contributed by atoms with E-state index in [4.69, 9.17) is 5.26 Å². The van der Waals surface area contributed by atoms with Gasteiger partial charge in [-0.1, -0.05) is 6.92 Å². The maximum absolute atomic E-state index is 12.8. The Hall–Kier alpha value is -1.69. The van der Waals surface area contributed by atoms with Crippen LogP contribution in [0.4, 0.5) is 5.82 Å². The van der Waals surface area contributed by atoms with Gasteiger partial charge < -0.3 is 4.90 Å². The summed E-state index contributed by atoms with van der Waals surface area (Å²) in [5, 5.41) is 8.99. The molecule has 0 N–H and O–H groups in total. The molecule has 0 bridgehead atoms. The average Bonchev–Trinajstić information content (AvgIpc) is 2.62. The highest BCUT2D eigenvalue weighted by atomic mass is 32.2. The van der Waals surface area contributed by atoms with Crippen LogP contribution in [0.5, 0.6) is 0 Å². The number of hydrogen-bond donors (Lipinski definition) is 0. The van der Waals surface area contributed by atoms with E-state index in [1.165, 1.54) is 0 Å². The minimum atomic E-state index is -3.37. The minimum Gasteiger partial charge on any atom is -0.354 e. The standard InChI is InChI=1S/C16H23N5O2S/c1-14-3-2-6-21(13-14)24(22,23)20-9-7-19(8-10-20)16-11-15(12-17)4-5-18-16/h4-5,11,14H,2-3,6-10,13H2,1H3/t14-/m1/s1. The Kier molecular flexibility index (Phi) is 5.04. The normalized spacial score (nSPS) is 23.8. The number of rotatable bonds is 3. The first-order chi connectivity index (χ1) is 11.5. The van der Waals surface area contributed by atoms with E-state index in [1.54, 1.807) is 26.9 Å². The van der Waals surface area contributed by atoms with Crippen molar-refractivity contribution in [2.45, 2.75) is 19.8 Å². The molecule has 3 rings (SSSR count). The first-order valence-corrected chi connectivity index (χ1v) is 9.77. The van der Waals surface area contributed by atoms with Crippen LogP contribution < -0.4 is 4.90 Å². The number of nitrogens with zero attached hydrogens (tertiary/aromatic N) is 5. The van der Waals surface area contributed by atoms with Crippen LogP contribution in [0.15, 0.2) is 18.3 Å². The summed E-state index contributed by atoms with van der Waals surface area (Å²) in [7, 11) is -3.37. The number of aromatic nitrogens is 1. The number of hydrogen-bond acceptors (Lipinski definition) is 5. The molecule has 1 atom stereocenters. The summed E-state index contributed by atoms with van der Waals surface area (Å²) in [6.07, 6.45) is 3.65. The van der Waals surface area contributed by atoms with Crippen LogP contribution in [-0.4, -0.2) is 61.3 Å². The van der Waals surface area contributed by atoms with Gasteiger partial charge in [-0.05, 0) is 30.9 Å². The molecule has 0 aliphatic carbocycles. The molecule has 0 radical (unpaired) electrons. The van der Waals surface area contributed by atoms with Gasteiger partial charge in [0, 0.05) is 45.5 Å². The van der Waals surface area contributed by atoms with E-state index in [2.05, 4.69) is 18.0 Å². The second-order valence-corrected chi connectivity index (χ2v) is 8.44. The van der Waals surface area contributed by atoms with Crippen LogP contribution in [0.2, 0.25) is 0 Å². The van der Waals surface area contributed by atoms with Gasteiger partial charge in [-0.25, -0.2) is 4.98 Å². The van der Waals surface area contributed by atoms with Crippen molar-refractivity contribution < 1.29 is 8.42 Å². The van der Waals surface area contributed by atoms with Gasteiger partial charge in [0.15, 0.2) is 0 Å². The monoisotopic (exact) mass is 349 g/mol. The van der Waals surface area contributed by atoms with Crippen LogP contribution in [-0.2, 0) is 10.2 Å². The number of anilines is 1. The molecule has 0 unspecified atom stereocenters. The van der Waals surface area contributed by atoms with Crippen LogP contribution in [0.3, 0.4) is 0 Å². The molecular formula is C16H23N5O2S. The van der Waals surface area contributed by atoms with Crippen molar-refractivity contribution in [1.82, 2.24) is 13.6 Å². The lowest BCUT2D eigenvalue weighted by Gasteiger charge is -2.39. The van der Waals surface area contributed by atoms with Gasteiger partial charge in [0.2, 0.25) is 0 Å². The topological polar surface area (TPSA) is 80.5 Å². The molecule has 1 aromatic rings. The van der Waals surface area contributed by atoms with Gasteiger partial charge in [0.05, 0.1) is 11.6 Å². The Labute approximate surface area is 143 Å². The molecule has 0 spiro atoms. The summed E-state index contributed by atoms with van der Waals surface area (Å²) in [5.41, 5.74) is 0.567. The largest absolute Gasteiger partial charge is 0.354 e. The van der Waals surface area contributed by atoms with Gasteiger partial charge in [-0.2, -0.15) is 22.3 Å². The zero-order chi connectivity index (χ0) is 17.2. The lowest BCUT2D eigenvalue weighted by Crippen LogP contribution is -2.54. The molecule has 2 aliphatic rings. The Morgan fingerprint density at radius 1 is 1.21 bits per heavy atom. The van der Waals surface area contributed by atoms with E-state index >= 15 is 0 Å². The molecule has 0 aromatic carbocycles. The molecule has 8 heteroatoms. The fourth-order valence-corrected chi connectivity index (χ4v) is 5.08. The molecule has 7 nitrogen and oxygen atoms in total. The lowest BCUT2D eigenvalue weighted by atomic mass is 10.0. The van der Waals surface area contributed by atoms with Gasteiger partial charge >= 0.3 is 0 Å². The quantitative estimate of drug-likeness (QED) is 0.815. The van der Waals surface area contributed by atoms with Crippen molar-refractivity contribution in [3.8, 4) is 6.07 Å². The Bertz CT molecular complexity index is 722. The van der Waals surface area contributed by atoms with Gasteiger partial charge in [0.25, 0.3) is 10.2 Å². The maximum atomic E-state index is 12.8. The summed E-state index contributed by atoms with van der Waals surface area (Å²) in [6, 6.07) is 5.52. The highest BCUT2D eigenvalue weighted by Gasteiger charge is 2.34. The minimum absolute atomic E-state index is 0.424.